The summed E-state index contributed by atoms with van der Waals surface area (Å²) in [5, 5.41) is 9.02. The Bertz CT molecular complexity index is 235. The molecule has 66 valence electrons. The first-order valence-electron chi connectivity index (χ1n) is 3.55. The van der Waals surface area contributed by atoms with Crippen LogP contribution in [0.5, 0.6) is 5.75 Å². The highest BCUT2D eigenvalue weighted by molar-refractivity contribution is 14.2. The SMILES string of the molecule is Oc1ccc(CCN(I)I)cc1. The summed E-state index contributed by atoms with van der Waals surface area (Å²) in [6, 6.07) is 7.35. The Hall–Kier alpha value is 0.440. The van der Waals surface area contributed by atoms with E-state index in [1.54, 1.807) is 12.1 Å². The van der Waals surface area contributed by atoms with Crippen LogP contribution >= 0.6 is 45.7 Å². The molecule has 0 aromatic heterocycles. The standard InChI is InChI=1S/C8H9I2NO/c9-11(10)6-5-7-1-3-8(12)4-2-7/h1-4,12H,5-6H2. The van der Waals surface area contributed by atoms with Crippen LogP contribution in [0.2, 0.25) is 0 Å². The molecule has 0 heterocycles. The maximum atomic E-state index is 9.02. The highest BCUT2D eigenvalue weighted by Crippen LogP contribution is 2.12. The lowest BCUT2D eigenvalue weighted by Crippen LogP contribution is -2.01. The Labute approximate surface area is 100.0 Å². The molecule has 0 unspecified atom stereocenters. The first-order valence-corrected chi connectivity index (χ1v) is 5.48. The van der Waals surface area contributed by atoms with Gasteiger partial charge in [-0.25, -0.2) is 0 Å². The molecule has 1 N–H and O–H groups in total. The molecule has 12 heavy (non-hydrogen) atoms. The minimum atomic E-state index is 0.333. The van der Waals surface area contributed by atoms with Crippen LogP contribution in [0.3, 0.4) is 0 Å². The molecular formula is C8H9I2NO. The monoisotopic (exact) mass is 389 g/mol. The van der Waals surface area contributed by atoms with Gasteiger partial charge in [0.05, 0.1) is 0 Å². The second-order valence-electron chi connectivity index (χ2n) is 2.44. The quantitative estimate of drug-likeness (QED) is 0.635. The Morgan fingerprint density at radius 3 is 2.25 bits per heavy atom. The highest BCUT2D eigenvalue weighted by Gasteiger charge is 1.96. The summed E-state index contributed by atoms with van der Waals surface area (Å²) in [7, 11) is 0. The summed E-state index contributed by atoms with van der Waals surface area (Å²) in [5.74, 6) is 0.333. The van der Waals surface area contributed by atoms with Crippen molar-refractivity contribution in [3.63, 3.8) is 0 Å². The second-order valence-corrected chi connectivity index (χ2v) is 6.62. The van der Waals surface area contributed by atoms with E-state index in [9.17, 15) is 0 Å². The van der Waals surface area contributed by atoms with Gasteiger partial charge in [0, 0.05) is 52.3 Å². The van der Waals surface area contributed by atoms with Crippen LogP contribution in [0.1, 0.15) is 5.56 Å². The third kappa shape index (κ3) is 3.90. The molecule has 0 saturated heterocycles. The van der Waals surface area contributed by atoms with E-state index in [-0.39, 0.29) is 0 Å². The minimum Gasteiger partial charge on any atom is -0.508 e. The van der Waals surface area contributed by atoms with Gasteiger partial charge in [0.25, 0.3) is 0 Å². The number of hydrogen-bond acceptors (Lipinski definition) is 2. The smallest absolute Gasteiger partial charge is 0.115 e. The molecule has 0 aliphatic rings. The summed E-state index contributed by atoms with van der Waals surface area (Å²) in [6.45, 7) is 1.02. The zero-order valence-corrected chi connectivity index (χ0v) is 10.7. The van der Waals surface area contributed by atoms with Crippen LogP contribution in [-0.2, 0) is 6.42 Å². The van der Waals surface area contributed by atoms with E-state index < -0.39 is 0 Å². The molecule has 1 aromatic carbocycles. The van der Waals surface area contributed by atoms with Crippen molar-refractivity contribution in [2.24, 2.45) is 0 Å². The summed E-state index contributed by atoms with van der Waals surface area (Å²) in [5.41, 5.74) is 1.26. The highest BCUT2D eigenvalue weighted by atomic mass is 127. The number of phenolic OH excluding ortho intramolecular Hbond substituents is 1. The lowest BCUT2D eigenvalue weighted by atomic mass is 10.1. The first-order chi connectivity index (χ1) is 5.68. The normalized spacial score (nSPS) is 10.6. The number of benzene rings is 1. The van der Waals surface area contributed by atoms with Gasteiger partial charge in [-0.1, -0.05) is 12.1 Å². The number of hydrogen-bond donors (Lipinski definition) is 1. The van der Waals surface area contributed by atoms with Crippen molar-refractivity contribution in [2.75, 3.05) is 6.54 Å². The van der Waals surface area contributed by atoms with Gasteiger partial charge in [-0.2, -0.15) is 1.33 Å². The van der Waals surface area contributed by atoms with Crippen LogP contribution in [0.15, 0.2) is 24.3 Å². The van der Waals surface area contributed by atoms with Gasteiger partial charge in [0.2, 0.25) is 0 Å². The van der Waals surface area contributed by atoms with Gasteiger partial charge in [-0.05, 0) is 24.1 Å². The van der Waals surface area contributed by atoms with Gasteiger partial charge >= 0.3 is 0 Å². The molecule has 0 spiro atoms. The van der Waals surface area contributed by atoms with Gasteiger partial charge in [0.1, 0.15) is 5.75 Å². The largest absolute Gasteiger partial charge is 0.508 e. The van der Waals surface area contributed by atoms with Crippen molar-refractivity contribution < 1.29 is 5.11 Å². The van der Waals surface area contributed by atoms with E-state index in [1.807, 2.05) is 12.1 Å². The topological polar surface area (TPSA) is 23.5 Å². The summed E-state index contributed by atoms with van der Waals surface area (Å²) in [4.78, 5) is 0. The fourth-order valence-electron chi connectivity index (χ4n) is 0.876. The fourth-order valence-corrected chi connectivity index (χ4v) is 1.36. The zero-order valence-electron chi connectivity index (χ0n) is 6.37. The van der Waals surface area contributed by atoms with E-state index in [4.69, 9.17) is 5.11 Å². The van der Waals surface area contributed by atoms with Crippen LogP contribution in [0.25, 0.3) is 0 Å². The third-order valence-corrected chi connectivity index (χ3v) is 2.47. The summed E-state index contributed by atoms with van der Waals surface area (Å²) in [6.07, 6.45) is 1.02. The van der Waals surface area contributed by atoms with Crippen LogP contribution in [-0.4, -0.2) is 13.0 Å². The van der Waals surface area contributed by atoms with Crippen molar-refractivity contribution in [1.29, 1.82) is 0 Å². The van der Waals surface area contributed by atoms with Gasteiger partial charge in [0.15, 0.2) is 0 Å². The van der Waals surface area contributed by atoms with E-state index in [0.717, 1.165) is 13.0 Å². The maximum Gasteiger partial charge on any atom is 0.115 e. The summed E-state index contributed by atoms with van der Waals surface area (Å²) >= 11 is 4.49. The van der Waals surface area contributed by atoms with E-state index >= 15 is 0 Å². The Balaban J connectivity index is 2.48. The molecule has 0 radical (unpaired) electrons. The second kappa shape index (κ2) is 5.23. The Morgan fingerprint density at radius 1 is 1.17 bits per heavy atom. The third-order valence-electron chi connectivity index (χ3n) is 1.51. The number of rotatable bonds is 3. The fraction of sp³-hybridized carbons (Fsp3) is 0.250. The molecule has 4 heteroatoms. The first kappa shape index (κ1) is 10.5. The van der Waals surface area contributed by atoms with E-state index in [0.29, 0.717) is 5.75 Å². The molecule has 0 bridgehead atoms. The van der Waals surface area contributed by atoms with E-state index in [2.05, 4.69) is 47.1 Å². The minimum absolute atomic E-state index is 0.333. The molecule has 0 atom stereocenters. The molecule has 1 aromatic rings. The predicted molar refractivity (Wildman–Crippen MR) is 66.6 cm³/mol. The van der Waals surface area contributed by atoms with Crippen molar-refractivity contribution in [1.82, 2.24) is 1.33 Å². The molecule has 0 aliphatic heterocycles. The van der Waals surface area contributed by atoms with E-state index in [1.165, 1.54) is 5.56 Å². The van der Waals surface area contributed by atoms with Gasteiger partial charge in [-0.15, -0.1) is 0 Å². The Kier molecular flexibility index (Phi) is 4.59. The number of halogens is 2. The lowest BCUT2D eigenvalue weighted by Gasteiger charge is -2.04. The molecule has 0 aliphatic carbocycles. The number of nitrogens with zero attached hydrogens (tertiary/aromatic N) is 1. The average molecular weight is 389 g/mol. The van der Waals surface area contributed by atoms with Crippen molar-refractivity contribution in [2.45, 2.75) is 6.42 Å². The predicted octanol–water partition coefficient (Wildman–Crippen LogP) is 2.94. The van der Waals surface area contributed by atoms with Gasteiger partial charge in [-0.3, -0.25) is 0 Å². The number of aromatic hydroxyl groups is 1. The summed E-state index contributed by atoms with van der Waals surface area (Å²) < 4.78 is 2.09. The maximum absolute atomic E-state index is 9.02. The molecule has 2 nitrogen and oxygen atoms in total. The molecule has 0 amide bonds. The molecule has 0 fully saturated rings. The van der Waals surface area contributed by atoms with Crippen LogP contribution < -0.4 is 0 Å². The zero-order chi connectivity index (χ0) is 8.97. The molecular weight excluding hydrogens is 380 g/mol. The lowest BCUT2D eigenvalue weighted by molar-refractivity contribution is 0.475. The van der Waals surface area contributed by atoms with Crippen molar-refractivity contribution >= 4 is 45.7 Å². The van der Waals surface area contributed by atoms with Crippen LogP contribution in [0, 0.1) is 0 Å². The van der Waals surface area contributed by atoms with Crippen molar-refractivity contribution in [3.05, 3.63) is 29.8 Å². The van der Waals surface area contributed by atoms with Crippen LogP contribution in [0.4, 0.5) is 0 Å². The average Bonchev–Trinajstić information content (AvgIpc) is 2.03. The van der Waals surface area contributed by atoms with Crippen molar-refractivity contribution in [3.8, 4) is 5.75 Å². The molecule has 1 rings (SSSR count). The molecule has 0 saturated carbocycles. The Morgan fingerprint density at radius 2 is 1.75 bits per heavy atom. The number of phenols is 1. The van der Waals surface area contributed by atoms with Gasteiger partial charge < -0.3 is 5.11 Å².